The van der Waals surface area contributed by atoms with Crippen molar-refractivity contribution in [1.82, 2.24) is 10.2 Å². The molecule has 0 bridgehead atoms. The van der Waals surface area contributed by atoms with E-state index in [2.05, 4.69) is 24.2 Å². The predicted octanol–water partition coefficient (Wildman–Crippen LogP) is 0.687. The normalized spacial score (nSPS) is 27.6. The summed E-state index contributed by atoms with van der Waals surface area (Å²) in [6, 6.07) is 0.261. The third-order valence-corrected chi connectivity index (χ3v) is 3.34. The van der Waals surface area contributed by atoms with Crippen molar-refractivity contribution in [3.63, 3.8) is 0 Å². The summed E-state index contributed by atoms with van der Waals surface area (Å²) in [5.41, 5.74) is 0. The molecule has 0 saturated carbocycles. The minimum Gasteiger partial charge on any atom is -0.392 e. The van der Waals surface area contributed by atoms with Gasteiger partial charge in [0, 0.05) is 12.6 Å². The highest BCUT2D eigenvalue weighted by Gasteiger charge is 2.19. The first-order chi connectivity index (χ1) is 6.61. The molecular weight excluding hydrogens is 176 g/mol. The van der Waals surface area contributed by atoms with Crippen molar-refractivity contribution in [2.45, 2.75) is 38.8 Å². The molecule has 0 aromatic rings. The van der Waals surface area contributed by atoms with Crippen LogP contribution in [-0.2, 0) is 0 Å². The second-order valence-electron chi connectivity index (χ2n) is 4.63. The van der Waals surface area contributed by atoms with Crippen LogP contribution in [0.5, 0.6) is 0 Å². The lowest BCUT2D eigenvalue weighted by Gasteiger charge is -2.32. The number of nitrogens with one attached hydrogen (secondary N) is 1. The Labute approximate surface area is 87.5 Å². The Hall–Kier alpha value is -0.120. The zero-order valence-corrected chi connectivity index (χ0v) is 9.66. The largest absolute Gasteiger partial charge is 0.392 e. The molecule has 1 aliphatic heterocycles. The van der Waals surface area contributed by atoms with Crippen LogP contribution in [0.4, 0.5) is 0 Å². The van der Waals surface area contributed by atoms with Crippen molar-refractivity contribution in [1.29, 1.82) is 0 Å². The molecule has 3 heteroatoms. The number of aliphatic hydroxyl groups is 1. The SMILES string of the molecule is CC(O)C(C)N(C)CC1CCCNC1. The average molecular weight is 200 g/mol. The van der Waals surface area contributed by atoms with Gasteiger partial charge in [-0.3, -0.25) is 0 Å². The van der Waals surface area contributed by atoms with Crippen LogP contribution in [0.1, 0.15) is 26.7 Å². The molecule has 0 aromatic carbocycles. The average Bonchev–Trinajstić information content (AvgIpc) is 2.18. The molecule has 3 unspecified atom stereocenters. The van der Waals surface area contributed by atoms with Crippen molar-refractivity contribution < 1.29 is 5.11 Å². The second-order valence-corrected chi connectivity index (χ2v) is 4.63. The van der Waals surface area contributed by atoms with Gasteiger partial charge < -0.3 is 15.3 Å². The maximum Gasteiger partial charge on any atom is 0.0664 e. The maximum atomic E-state index is 9.46. The second kappa shape index (κ2) is 5.69. The van der Waals surface area contributed by atoms with Crippen LogP contribution < -0.4 is 5.32 Å². The van der Waals surface area contributed by atoms with Crippen LogP contribution >= 0.6 is 0 Å². The van der Waals surface area contributed by atoms with Crippen molar-refractivity contribution in [3.8, 4) is 0 Å². The Kier molecular flexibility index (Phi) is 4.85. The highest BCUT2D eigenvalue weighted by atomic mass is 16.3. The fourth-order valence-corrected chi connectivity index (χ4v) is 2.02. The summed E-state index contributed by atoms with van der Waals surface area (Å²) < 4.78 is 0. The van der Waals surface area contributed by atoms with Crippen molar-refractivity contribution in [2.24, 2.45) is 5.92 Å². The summed E-state index contributed by atoms with van der Waals surface area (Å²) in [4.78, 5) is 2.27. The lowest BCUT2D eigenvalue weighted by Crippen LogP contribution is -2.43. The fraction of sp³-hybridized carbons (Fsp3) is 1.00. The number of piperidine rings is 1. The van der Waals surface area contributed by atoms with E-state index in [0.29, 0.717) is 0 Å². The minimum absolute atomic E-state index is 0.239. The molecule has 0 aliphatic carbocycles. The Morgan fingerprint density at radius 3 is 2.71 bits per heavy atom. The molecular formula is C11H24N2O. The lowest BCUT2D eigenvalue weighted by molar-refractivity contribution is 0.0745. The van der Waals surface area contributed by atoms with Gasteiger partial charge in [-0.05, 0) is 52.7 Å². The Morgan fingerprint density at radius 2 is 2.21 bits per heavy atom. The van der Waals surface area contributed by atoms with E-state index in [0.717, 1.165) is 19.0 Å². The summed E-state index contributed by atoms with van der Waals surface area (Å²) in [6.07, 6.45) is 2.38. The van der Waals surface area contributed by atoms with E-state index in [1.54, 1.807) is 0 Å². The Balaban J connectivity index is 2.27. The summed E-state index contributed by atoms with van der Waals surface area (Å²) >= 11 is 0. The van der Waals surface area contributed by atoms with E-state index in [1.807, 2.05) is 6.92 Å². The highest BCUT2D eigenvalue weighted by Crippen LogP contribution is 2.13. The van der Waals surface area contributed by atoms with Gasteiger partial charge in [0.2, 0.25) is 0 Å². The molecule has 84 valence electrons. The van der Waals surface area contributed by atoms with E-state index < -0.39 is 0 Å². The third kappa shape index (κ3) is 3.56. The summed E-state index contributed by atoms with van der Waals surface area (Å²) in [5, 5.41) is 12.9. The van der Waals surface area contributed by atoms with Gasteiger partial charge >= 0.3 is 0 Å². The quantitative estimate of drug-likeness (QED) is 0.701. The Bertz CT molecular complexity index is 155. The minimum atomic E-state index is -0.239. The van der Waals surface area contributed by atoms with Crippen LogP contribution in [0.2, 0.25) is 0 Å². The van der Waals surface area contributed by atoms with Gasteiger partial charge in [0.25, 0.3) is 0 Å². The standard InChI is InChI=1S/C11H24N2O/c1-9(10(2)14)13(3)8-11-5-4-6-12-7-11/h9-12,14H,4-8H2,1-3H3. The van der Waals surface area contributed by atoms with E-state index in [1.165, 1.54) is 19.4 Å². The number of hydrogen-bond donors (Lipinski definition) is 2. The van der Waals surface area contributed by atoms with Crippen LogP contribution in [0.3, 0.4) is 0 Å². The van der Waals surface area contributed by atoms with Gasteiger partial charge in [-0.25, -0.2) is 0 Å². The molecule has 0 aromatic heterocycles. The van der Waals surface area contributed by atoms with E-state index >= 15 is 0 Å². The van der Waals surface area contributed by atoms with Crippen LogP contribution in [-0.4, -0.2) is 48.8 Å². The molecule has 1 aliphatic rings. The summed E-state index contributed by atoms with van der Waals surface area (Å²) in [5.74, 6) is 0.759. The molecule has 0 radical (unpaired) electrons. The first kappa shape index (κ1) is 12.0. The highest BCUT2D eigenvalue weighted by molar-refractivity contribution is 4.75. The van der Waals surface area contributed by atoms with E-state index in [4.69, 9.17) is 0 Å². The number of likely N-dealkylation sites (N-methyl/N-ethyl adjacent to an activating group) is 1. The molecule has 14 heavy (non-hydrogen) atoms. The molecule has 1 fully saturated rings. The summed E-state index contributed by atoms with van der Waals surface area (Å²) in [7, 11) is 2.10. The molecule has 1 rings (SSSR count). The number of rotatable bonds is 4. The molecule has 0 spiro atoms. The lowest BCUT2D eigenvalue weighted by atomic mass is 9.98. The van der Waals surface area contributed by atoms with Crippen molar-refractivity contribution in [3.05, 3.63) is 0 Å². The number of nitrogens with zero attached hydrogens (tertiary/aromatic N) is 1. The van der Waals surface area contributed by atoms with Gasteiger partial charge in [0.05, 0.1) is 6.10 Å². The maximum absolute atomic E-state index is 9.46. The van der Waals surface area contributed by atoms with Gasteiger partial charge in [0.1, 0.15) is 0 Å². The van der Waals surface area contributed by atoms with E-state index in [9.17, 15) is 5.11 Å². The number of aliphatic hydroxyl groups excluding tert-OH is 1. The van der Waals surface area contributed by atoms with Gasteiger partial charge in [-0.2, -0.15) is 0 Å². The molecule has 1 heterocycles. The van der Waals surface area contributed by atoms with Crippen molar-refractivity contribution >= 4 is 0 Å². The first-order valence-corrected chi connectivity index (χ1v) is 5.70. The predicted molar refractivity (Wildman–Crippen MR) is 59.4 cm³/mol. The summed E-state index contributed by atoms with van der Waals surface area (Å²) in [6.45, 7) is 7.35. The smallest absolute Gasteiger partial charge is 0.0664 e. The van der Waals surface area contributed by atoms with Gasteiger partial charge in [0.15, 0.2) is 0 Å². The van der Waals surface area contributed by atoms with Gasteiger partial charge in [-0.1, -0.05) is 0 Å². The fourth-order valence-electron chi connectivity index (χ4n) is 2.02. The van der Waals surface area contributed by atoms with E-state index in [-0.39, 0.29) is 12.1 Å². The molecule has 1 saturated heterocycles. The van der Waals surface area contributed by atoms with Crippen LogP contribution in [0, 0.1) is 5.92 Å². The first-order valence-electron chi connectivity index (χ1n) is 5.70. The zero-order valence-electron chi connectivity index (χ0n) is 9.66. The molecule has 3 atom stereocenters. The van der Waals surface area contributed by atoms with Crippen molar-refractivity contribution in [2.75, 3.05) is 26.7 Å². The molecule has 3 nitrogen and oxygen atoms in total. The zero-order chi connectivity index (χ0) is 10.6. The Morgan fingerprint density at radius 1 is 1.50 bits per heavy atom. The third-order valence-electron chi connectivity index (χ3n) is 3.34. The van der Waals surface area contributed by atoms with Gasteiger partial charge in [-0.15, -0.1) is 0 Å². The monoisotopic (exact) mass is 200 g/mol. The van der Waals surface area contributed by atoms with Crippen LogP contribution in [0.25, 0.3) is 0 Å². The molecule has 2 N–H and O–H groups in total. The number of hydrogen-bond acceptors (Lipinski definition) is 3. The topological polar surface area (TPSA) is 35.5 Å². The molecule has 0 amide bonds. The van der Waals surface area contributed by atoms with Crippen LogP contribution in [0.15, 0.2) is 0 Å².